The number of aryl methyl sites for hydroxylation is 1. The summed E-state index contributed by atoms with van der Waals surface area (Å²) in [6.07, 6.45) is -3.61. The number of nitrogens with zero attached hydrogens (tertiary/aromatic N) is 2. The monoisotopic (exact) mass is 270 g/mol. The van der Waals surface area contributed by atoms with Gasteiger partial charge in [-0.15, -0.1) is 0 Å². The van der Waals surface area contributed by atoms with Crippen molar-refractivity contribution in [2.45, 2.75) is 6.18 Å². The zero-order valence-corrected chi connectivity index (χ0v) is 9.77. The Balaban J connectivity index is 2.42. The number of rotatable bonds is 2. The molecule has 0 saturated heterocycles. The summed E-state index contributed by atoms with van der Waals surface area (Å²) < 4.78 is 38.8. The first kappa shape index (κ1) is 13.1. The Kier molecular flexibility index (Phi) is 3.05. The number of carboxylic acid groups (broad SMARTS) is 1. The van der Waals surface area contributed by atoms with E-state index in [1.54, 1.807) is 0 Å². The van der Waals surface area contributed by atoms with Crippen molar-refractivity contribution >= 4 is 5.97 Å². The second-order valence-corrected chi connectivity index (χ2v) is 3.94. The predicted molar refractivity (Wildman–Crippen MR) is 60.6 cm³/mol. The minimum Gasteiger partial charge on any atom is -0.478 e. The molecule has 19 heavy (non-hydrogen) atoms. The third kappa shape index (κ3) is 2.59. The highest BCUT2D eigenvalue weighted by Gasteiger charge is 2.34. The van der Waals surface area contributed by atoms with Crippen LogP contribution in [0.3, 0.4) is 0 Å². The fourth-order valence-electron chi connectivity index (χ4n) is 1.63. The van der Waals surface area contributed by atoms with Crippen molar-refractivity contribution in [3.63, 3.8) is 0 Å². The van der Waals surface area contributed by atoms with Gasteiger partial charge in [-0.05, 0) is 12.1 Å². The number of carboxylic acids is 1. The van der Waals surface area contributed by atoms with Gasteiger partial charge in [-0.1, -0.05) is 12.1 Å². The molecule has 0 atom stereocenters. The van der Waals surface area contributed by atoms with Crippen LogP contribution in [0, 0.1) is 0 Å². The smallest absolute Gasteiger partial charge is 0.434 e. The molecule has 0 bridgehead atoms. The lowest BCUT2D eigenvalue weighted by Crippen LogP contribution is -2.04. The fraction of sp³-hybridized carbons (Fsp3) is 0.167. The molecule has 0 aliphatic carbocycles. The van der Waals surface area contributed by atoms with Gasteiger partial charge in [0.1, 0.15) is 5.82 Å². The average molecular weight is 270 g/mol. The van der Waals surface area contributed by atoms with Crippen molar-refractivity contribution in [3.8, 4) is 11.4 Å². The standard InChI is InChI=1S/C12H9F3N2O2/c1-17-6-9(12(13,14)15)16-10(17)7-2-4-8(5-3-7)11(18)19/h2-6H,1H3,(H,18,19). The highest BCUT2D eigenvalue weighted by molar-refractivity contribution is 5.88. The van der Waals surface area contributed by atoms with Gasteiger partial charge in [-0.3, -0.25) is 0 Å². The van der Waals surface area contributed by atoms with E-state index in [0.29, 0.717) is 5.56 Å². The van der Waals surface area contributed by atoms with Crippen molar-refractivity contribution in [1.29, 1.82) is 0 Å². The van der Waals surface area contributed by atoms with Gasteiger partial charge in [-0.2, -0.15) is 13.2 Å². The maximum absolute atomic E-state index is 12.5. The number of carbonyl (C=O) groups is 1. The normalized spacial score (nSPS) is 11.6. The Bertz CT molecular complexity index is 615. The minimum atomic E-state index is -4.50. The molecule has 0 spiro atoms. The first-order chi connectivity index (χ1) is 8.79. The van der Waals surface area contributed by atoms with Crippen LogP contribution in [0.5, 0.6) is 0 Å². The van der Waals surface area contributed by atoms with E-state index in [4.69, 9.17) is 5.11 Å². The molecule has 100 valence electrons. The van der Waals surface area contributed by atoms with Gasteiger partial charge < -0.3 is 9.67 Å². The number of alkyl halides is 3. The molecule has 1 aromatic carbocycles. The van der Waals surface area contributed by atoms with Crippen LogP contribution in [0.25, 0.3) is 11.4 Å². The summed E-state index contributed by atoms with van der Waals surface area (Å²) in [5.74, 6) is -0.966. The zero-order chi connectivity index (χ0) is 14.2. The number of hydrogen-bond acceptors (Lipinski definition) is 2. The molecule has 4 nitrogen and oxygen atoms in total. The van der Waals surface area contributed by atoms with E-state index in [1.807, 2.05) is 0 Å². The van der Waals surface area contributed by atoms with E-state index < -0.39 is 17.8 Å². The molecule has 7 heteroatoms. The molecule has 0 radical (unpaired) electrons. The maximum Gasteiger partial charge on any atom is 0.434 e. The minimum absolute atomic E-state index is 0.0639. The molecular weight excluding hydrogens is 261 g/mol. The van der Waals surface area contributed by atoms with E-state index >= 15 is 0 Å². The fourth-order valence-corrected chi connectivity index (χ4v) is 1.63. The number of hydrogen-bond donors (Lipinski definition) is 1. The second kappa shape index (κ2) is 4.42. The number of halogens is 3. The van der Waals surface area contributed by atoms with Crippen LogP contribution < -0.4 is 0 Å². The van der Waals surface area contributed by atoms with E-state index in [2.05, 4.69) is 4.98 Å². The Morgan fingerprint density at radius 1 is 1.26 bits per heavy atom. The van der Waals surface area contributed by atoms with Crippen LogP contribution in [-0.2, 0) is 13.2 Å². The third-order valence-electron chi connectivity index (χ3n) is 2.56. The van der Waals surface area contributed by atoms with Crippen molar-refractivity contribution < 1.29 is 23.1 Å². The third-order valence-corrected chi connectivity index (χ3v) is 2.56. The summed E-state index contributed by atoms with van der Waals surface area (Å²) in [5, 5.41) is 8.74. The summed E-state index contributed by atoms with van der Waals surface area (Å²) in [5.41, 5.74) is -0.496. The maximum atomic E-state index is 12.5. The lowest BCUT2D eigenvalue weighted by Gasteiger charge is -2.02. The number of aromatic carboxylic acids is 1. The van der Waals surface area contributed by atoms with Gasteiger partial charge in [-0.25, -0.2) is 9.78 Å². The number of aromatic nitrogens is 2. The Hall–Kier alpha value is -2.31. The van der Waals surface area contributed by atoms with Crippen molar-refractivity contribution in [2.75, 3.05) is 0 Å². The number of imidazole rings is 1. The Morgan fingerprint density at radius 3 is 2.26 bits per heavy atom. The van der Waals surface area contributed by atoms with Crippen LogP contribution in [0.15, 0.2) is 30.5 Å². The lowest BCUT2D eigenvalue weighted by atomic mass is 10.1. The number of benzene rings is 1. The van der Waals surface area contributed by atoms with Crippen LogP contribution in [0.1, 0.15) is 16.1 Å². The molecule has 2 aromatic rings. The van der Waals surface area contributed by atoms with Crippen molar-refractivity contribution in [3.05, 3.63) is 41.7 Å². The van der Waals surface area contributed by atoms with Crippen molar-refractivity contribution in [1.82, 2.24) is 9.55 Å². The molecule has 0 saturated carbocycles. The molecule has 0 fully saturated rings. The zero-order valence-electron chi connectivity index (χ0n) is 9.77. The average Bonchev–Trinajstić information content (AvgIpc) is 2.71. The van der Waals surface area contributed by atoms with Gasteiger partial charge in [0, 0.05) is 18.8 Å². The summed E-state index contributed by atoms with van der Waals surface area (Å²) >= 11 is 0. The highest BCUT2D eigenvalue weighted by Crippen LogP contribution is 2.30. The van der Waals surface area contributed by atoms with Crippen molar-refractivity contribution in [2.24, 2.45) is 7.05 Å². The van der Waals surface area contributed by atoms with Gasteiger partial charge in [0.25, 0.3) is 0 Å². The van der Waals surface area contributed by atoms with E-state index in [9.17, 15) is 18.0 Å². The molecule has 1 aromatic heterocycles. The molecule has 0 aliphatic rings. The molecule has 0 aliphatic heterocycles. The van der Waals surface area contributed by atoms with Gasteiger partial charge in [0.05, 0.1) is 5.56 Å². The highest BCUT2D eigenvalue weighted by atomic mass is 19.4. The summed E-state index contributed by atoms with van der Waals surface area (Å²) in [6, 6.07) is 5.48. The predicted octanol–water partition coefficient (Wildman–Crippen LogP) is 2.80. The second-order valence-electron chi connectivity index (χ2n) is 3.94. The first-order valence-electron chi connectivity index (χ1n) is 5.23. The largest absolute Gasteiger partial charge is 0.478 e. The first-order valence-corrected chi connectivity index (χ1v) is 5.23. The van der Waals surface area contributed by atoms with Gasteiger partial charge >= 0.3 is 12.1 Å². The topological polar surface area (TPSA) is 55.1 Å². The van der Waals surface area contributed by atoms with Crippen LogP contribution in [0.2, 0.25) is 0 Å². The van der Waals surface area contributed by atoms with Gasteiger partial charge in [0.15, 0.2) is 5.69 Å². The summed E-state index contributed by atoms with van der Waals surface area (Å²) in [6.45, 7) is 0. The molecule has 1 heterocycles. The molecule has 0 amide bonds. The van der Waals surface area contributed by atoms with E-state index in [1.165, 1.54) is 35.9 Å². The van der Waals surface area contributed by atoms with Gasteiger partial charge in [0.2, 0.25) is 0 Å². The molecular formula is C12H9F3N2O2. The van der Waals surface area contributed by atoms with Crippen LogP contribution >= 0.6 is 0 Å². The molecule has 0 unspecified atom stereocenters. The van der Waals surface area contributed by atoms with Crippen LogP contribution in [-0.4, -0.2) is 20.6 Å². The Labute approximate surface area is 106 Å². The lowest BCUT2D eigenvalue weighted by molar-refractivity contribution is -0.140. The van der Waals surface area contributed by atoms with E-state index in [-0.39, 0.29) is 11.4 Å². The molecule has 1 N–H and O–H groups in total. The van der Waals surface area contributed by atoms with E-state index in [0.717, 1.165) is 6.20 Å². The SMILES string of the molecule is Cn1cc(C(F)(F)F)nc1-c1ccc(C(=O)O)cc1. The quantitative estimate of drug-likeness (QED) is 0.912. The summed E-state index contributed by atoms with van der Waals surface area (Å²) in [4.78, 5) is 14.2. The summed E-state index contributed by atoms with van der Waals surface area (Å²) in [7, 11) is 1.45. The Morgan fingerprint density at radius 2 is 1.84 bits per heavy atom. The molecule has 2 rings (SSSR count). The van der Waals surface area contributed by atoms with Crippen LogP contribution in [0.4, 0.5) is 13.2 Å².